The van der Waals surface area contributed by atoms with Crippen molar-refractivity contribution in [3.63, 3.8) is 0 Å². The second kappa shape index (κ2) is 3.06. The van der Waals surface area contributed by atoms with Crippen molar-refractivity contribution in [3.05, 3.63) is 36.5 Å². The molecule has 78 valence electrons. The molecule has 0 saturated carbocycles. The molecule has 0 radical (unpaired) electrons. The third-order valence-electron chi connectivity index (χ3n) is 2.67. The predicted molar refractivity (Wildman–Crippen MR) is 65.9 cm³/mol. The maximum atomic E-state index is 5.89. The van der Waals surface area contributed by atoms with E-state index in [1.807, 2.05) is 30.3 Å². The summed E-state index contributed by atoms with van der Waals surface area (Å²) in [6.07, 6.45) is 1.68. The van der Waals surface area contributed by atoms with Gasteiger partial charge in [-0.15, -0.1) is 0 Å². The van der Waals surface area contributed by atoms with Gasteiger partial charge in [0.1, 0.15) is 11.6 Å². The Kier molecular flexibility index (Phi) is 1.71. The molecule has 0 aliphatic heterocycles. The fraction of sp³-hybridized carbons (Fsp3) is 0. The molecular weight excluding hydrogens is 200 g/mol. The molecule has 4 N–H and O–H groups in total. The van der Waals surface area contributed by atoms with E-state index in [0.717, 1.165) is 21.7 Å². The van der Waals surface area contributed by atoms with E-state index in [2.05, 4.69) is 9.97 Å². The van der Waals surface area contributed by atoms with Gasteiger partial charge >= 0.3 is 0 Å². The average Bonchev–Trinajstić information content (AvgIpc) is 2.29. The number of rotatable bonds is 0. The lowest BCUT2D eigenvalue weighted by Gasteiger charge is -2.07. The summed E-state index contributed by atoms with van der Waals surface area (Å²) >= 11 is 0. The molecule has 0 aliphatic carbocycles. The first-order chi connectivity index (χ1) is 7.77. The lowest BCUT2D eigenvalue weighted by atomic mass is 10.1. The zero-order chi connectivity index (χ0) is 11.1. The molecule has 0 fully saturated rings. The Morgan fingerprint density at radius 3 is 2.56 bits per heavy atom. The zero-order valence-corrected chi connectivity index (χ0v) is 8.51. The van der Waals surface area contributed by atoms with Gasteiger partial charge in [-0.1, -0.05) is 18.2 Å². The van der Waals surface area contributed by atoms with Crippen molar-refractivity contribution in [1.82, 2.24) is 9.97 Å². The normalized spacial score (nSPS) is 11.0. The Hall–Kier alpha value is -2.36. The Labute approximate surface area is 91.9 Å². The van der Waals surface area contributed by atoms with Gasteiger partial charge in [0.15, 0.2) is 0 Å². The van der Waals surface area contributed by atoms with E-state index in [1.165, 1.54) is 0 Å². The smallest absolute Gasteiger partial charge is 0.135 e. The molecule has 0 saturated heterocycles. The third-order valence-corrected chi connectivity index (χ3v) is 2.67. The number of para-hydroxylation sites is 1. The van der Waals surface area contributed by atoms with Crippen molar-refractivity contribution < 1.29 is 0 Å². The van der Waals surface area contributed by atoms with Crippen LogP contribution in [0.1, 0.15) is 0 Å². The highest BCUT2D eigenvalue weighted by Crippen LogP contribution is 2.29. The summed E-state index contributed by atoms with van der Waals surface area (Å²) in [5.74, 6) is 0.854. The van der Waals surface area contributed by atoms with E-state index in [-0.39, 0.29) is 0 Å². The second-order valence-electron chi connectivity index (χ2n) is 3.63. The highest BCUT2D eigenvalue weighted by Gasteiger charge is 2.08. The molecule has 2 aromatic heterocycles. The lowest BCUT2D eigenvalue weighted by molar-refractivity contribution is 1.35. The van der Waals surface area contributed by atoms with E-state index < -0.39 is 0 Å². The molecule has 16 heavy (non-hydrogen) atoms. The van der Waals surface area contributed by atoms with Crippen molar-refractivity contribution in [2.45, 2.75) is 0 Å². The first-order valence-corrected chi connectivity index (χ1v) is 4.96. The molecule has 0 amide bonds. The number of aromatic nitrogens is 2. The van der Waals surface area contributed by atoms with Crippen LogP contribution in [0.3, 0.4) is 0 Å². The minimum Gasteiger partial charge on any atom is -0.383 e. The summed E-state index contributed by atoms with van der Waals surface area (Å²) < 4.78 is 0. The standard InChI is InChI=1S/C12H10N4/c13-11-10-8(5-6-15-11)7-3-1-2-4-9(7)16-12(10)14/h1-6H,(H2,13,15)(H2,14,16). The number of fused-ring (bicyclic) bond motifs is 3. The highest BCUT2D eigenvalue weighted by molar-refractivity contribution is 6.12. The summed E-state index contributed by atoms with van der Waals surface area (Å²) in [6, 6.07) is 9.75. The summed E-state index contributed by atoms with van der Waals surface area (Å²) in [6.45, 7) is 0. The van der Waals surface area contributed by atoms with Gasteiger partial charge in [-0.2, -0.15) is 0 Å². The molecule has 0 spiro atoms. The van der Waals surface area contributed by atoms with Crippen LogP contribution in [0, 0.1) is 0 Å². The van der Waals surface area contributed by atoms with Crippen LogP contribution in [0.2, 0.25) is 0 Å². The van der Waals surface area contributed by atoms with Crippen molar-refractivity contribution in [3.8, 4) is 0 Å². The van der Waals surface area contributed by atoms with E-state index in [1.54, 1.807) is 6.20 Å². The molecule has 0 atom stereocenters. The fourth-order valence-corrected chi connectivity index (χ4v) is 1.96. The summed E-state index contributed by atoms with van der Waals surface area (Å²) in [5, 5.41) is 2.78. The third kappa shape index (κ3) is 1.10. The van der Waals surface area contributed by atoms with Gasteiger partial charge in [-0.05, 0) is 17.5 Å². The first kappa shape index (κ1) is 8.91. The largest absolute Gasteiger partial charge is 0.383 e. The predicted octanol–water partition coefficient (Wildman–Crippen LogP) is 1.95. The number of hydrogen-bond acceptors (Lipinski definition) is 4. The van der Waals surface area contributed by atoms with Crippen LogP contribution < -0.4 is 11.5 Å². The molecule has 2 heterocycles. The average molecular weight is 210 g/mol. The van der Waals surface area contributed by atoms with Crippen molar-refractivity contribution in [2.75, 3.05) is 11.5 Å². The van der Waals surface area contributed by atoms with Gasteiger partial charge < -0.3 is 11.5 Å². The Morgan fingerprint density at radius 1 is 0.875 bits per heavy atom. The van der Waals surface area contributed by atoms with Gasteiger partial charge in [0.25, 0.3) is 0 Å². The number of anilines is 2. The topological polar surface area (TPSA) is 77.8 Å². The van der Waals surface area contributed by atoms with Crippen LogP contribution in [0.5, 0.6) is 0 Å². The van der Waals surface area contributed by atoms with E-state index >= 15 is 0 Å². The van der Waals surface area contributed by atoms with Crippen molar-refractivity contribution >= 4 is 33.3 Å². The molecule has 4 nitrogen and oxygen atoms in total. The lowest BCUT2D eigenvalue weighted by Crippen LogP contribution is -1.98. The number of nitrogens with zero attached hydrogens (tertiary/aromatic N) is 2. The van der Waals surface area contributed by atoms with Crippen molar-refractivity contribution in [2.24, 2.45) is 0 Å². The molecule has 0 bridgehead atoms. The molecule has 4 heteroatoms. The molecular formula is C12H10N4. The zero-order valence-electron chi connectivity index (χ0n) is 8.51. The number of benzene rings is 1. The quantitative estimate of drug-likeness (QED) is 0.556. The maximum Gasteiger partial charge on any atom is 0.135 e. The molecule has 1 aromatic carbocycles. The van der Waals surface area contributed by atoms with Gasteiger partial charge in [-0.25, -0.2) is 9.97 Å². The summed E-state index contributed by atoms with van der Waals surface area (Å²) in [7, 11) is 0. The maximum absolute atomic E-state index is 5.89. The molecule has 0 unspecified atom stereocenters. The van der Waals surface area contributed by atoms with Crippen LogP contribution >= 0.6 is 0 Å². The fourth-order valence-electron chi connectivity index (χ4n) is 1.96. The van der Waals surface area contributed by atoms with Crippen LogP contribution in [-0.4, -0.2) is 9.97 Å². The van der Waals surface area contributed by atoms with Crippen LogP contribution in [0.15, 0.2) is 36.5 Å². The number of nitrogen functional groups attached to an aromatic ring is 2. The molecule has 3 rings (SSSR count). The Morgan fingerprint density at radius 2 is 1.69 bits per heavy atom. The van der Waals surface area contributed by atoms with Crippen LogP contribution in [0.25, 0.3) is 21.7 Å². The minimum atomic E-state index is 0.424. The monoisotopic (exact) mass is 210 g/mol. The van der Waals surface area contributed by atoms with Crippen LogP contribution in [-0.2, 0) is 0 Å². The first-order valence-electron chi connectivity index (χ1n) is 4.96. The van der Waals surface area contributed by atoms with E-state index in [0.29, 0.717) is 11.6 Å². The SMILES string of the molecule is Nc1nccc2c1c(N)nc1ccccc12. The van der Waals surface area contributed by atoms with Crippen LogP contribution in [0.4, 0.5) is 11.6 Å². The van der Waals surface area contributed by atoms with Gasteiger partial charge in [0.2, 0.25) is 0 Å². The Balaban J connectivity index is 2.65. The van der Waals surface area contributed by atoms with E-state index in [9.17, 15) is 0 Å². The van der Waals surface area contributed by atoms with Gasteiger partial charge in [0, 0.05) is 11.6 Å². The number of nitrogens with two attached hydrogens (primary N) is 2. The van der Waals surface area contributed by atoms with E-state index in [4.69, 9.17) is 11.5 Å². The minimum absolute atomic E-state index is 0.424. The molecule has 0 aliphatic rings. The van der Waals surface area contributed by atoms with Gasteiger partial charge in [0.05, 0.1) is 10.9 Å². The number of hydrogen-bond donors (Lipinski definition) is 2. The molecule has 3 aromatic rings. The summed E-state index contributed by atoms with van der Waals surface area (Å²) in [5.41, 5.74) is 12.6. The number of pyridine rings is 2. The van der Waals surface area contributed by atoms with Gasteiger partial charge in [-0.3, -0.25) is 0 Å². The Bertz CT molecular complexity index is 691. The second-order valence-corrected chi connectivity index (χ2v) is 3.63. The highest BCUT2D eigenvalue weighted by atomic mass is 14.9. The van der Waals surface area contributed by atoms with Crippen molar-refractivity contribution in [1.29, 1.82) is 0 Å². The summed E-state index contributed by atoms with van der Waals surface area (Å²) in [4.78, 5) is 8.36.